The van der Waals surface area contributed by atoms with E-state index in [1.165, 1.54) is 0 Å². The third kappa shape index (κ3) is 5.44. The summed E-state index contributed by atoms with van der Waals surface area (Å²) in [7, 11) is 0. The van der Waals surface area contributed by atoms with Gasteiger partial charge in [0.05, 0.1) is 11.5 Å². The molecule has 2 aromatic rings. The molecule has 6 heteroatoms. The van der Waals surface area contributed by atoms with E-state index in [2.05, 4.69) is 31.4 Å². The summed E-state index contributed by atoms with van der Waals surface area (Å²) in [5, 5.41) is 1.35. The van der Waals surface area contributed by atoms with Crippen molar-refractivity contribution in [2.75, 3.05) is 13.1 Å². The zero-order valence-corrected chi connectivity index (χ0v) is 22.1. The van der Waals surface area contributed by atoms with Crippen molar-refractivity contribution in [3.8, 4) is 0 Å². The van der Waals surface area contributed by atoms with Crippen LogP contribution in [0.4, 0.5) is 0 Å². The predicted octanol–water partition coefficient (Wildman–Crippen LogP) is 7.03. The quantitative estimate of drug-likeness (QED) is 0.356. The molecule has 0 radical (unpaired) electrons. The number of rotatable bonds is 8. The Kier molecular flexibility index (Phi) is 7.92. The molecule has 2 heterocycles. The van der Waals surface area contributed by atoms with Crippen molar-refractivity contribution >= 4 is 35.0 Å². The first-order chi connectivity index (χ1) is 16.7. The number of amides is 2. The molecule has 0 N–H and O–H groups in total. The van der Waals surface area contributed by atoms with Gasteiger partial charge in [0.2, 0.25) is 11.8 Å². The zero-order valence-electron chi connectivity index (χ0n) is 20.6. The van der Waals surface area contributed by atoms with E-state index in [4.69, 9.17) is 23.2 Å². The molecule has 0 unspecified atom stereocenters. The second-order valence-corrected chi connectivity index (χ2v) is 11.1. The van der Waals surface area contributed by atoms with E-state index in [0.717, 1.165) is 30.5 Å². The van der Waals surface area contributed by atoms with Crippen LogP contribution >= 0.6 is 23.2 Å². The fraction of sp³-hybridized carbons (Fsp3) is 0.448. The third-order valence-electron chi connectivity index (χ3n) is 7.65. The fourth-order valence-corrected chi connectivity index (χ4v) is 6.12. The molecule has 0 bridgehead atoms. The monoisotopic (exact) mass is 512 g/mol. The van der Waals surface area contributed by atoms with E-state index in [1.807, 2.05) is 53.4 Å². The molecular weight excluding hydrogens is 479 g/mol. The lowest BCUT2D eigenvalue weighted by Crippen LogP contribution is -2.55. The van der Waals surface area contributed by atoms with E-state index < -0.39 is 5.41 Å². The minimum absolute atomic E-state index is 0.0494. The highest BCUT2D eigenvalue weighted by molar-refractivity contribution is 6.30. The molecule has 2 aromatic carbocycles. The van der Waals surface area contributed by atoms with Crippen molar-refractivity contribution in [1.29, 1.82) is 0 Å². The Hall–Kier alpha value is -2.30. The largest absolute Gasteiger partial charge is 0.343 e. The molecule has 0 saturated carbocycles. The average molecular weight is 514 g/mol. The summed E-state index contributed by atoms with van der Waals surface area (Å²) in [5.74, 6) is 0.397. The minimum Gasteiger partial charge on any atom is -0.343 e. The Bertz CT molecular complexity index is 1090. The zero-order chi connectivity index (χ0) is 25.2. The van der Waals surface area contributed by atoms with Crippen LogP contribution in [-0.4, -0.2) is 40.7 Å². The third-order valence-corrected chi connectivity index (χ3v) is 8.14. The van der Waals surface area contributed by atoms with Crippen LogP contribution < -0.4 is 0 Å². The first-order valence-corrected chi connectivity index (χ1v) is 13.2. The number of likely N-dealkylation sites (tertiary alicyclic amines) is 2. The van der Waals surface area contributed by atoms with E-state index >= 15 is 0 Å². The molecule has 4 nitrogen and oxygen atoms in total. The van der Waals surface area contributed by atoms with Crippen LogP contribution in [0.2, 0.25) is 10.0 Å². The maximum atomic E-state index is 14.2. The molecule has 186 valence electrons. The highest BCUT2D eigenvalue weighted by atomic mass is 35.5. The smallest absolute Gasteiger partial charge is 0.229 e. The summed E-state index contributed by atoms with van der Waals surface area (Å²) >= 11 is 12.7. The number of benzene rings is 2. The SMILES string of the molecule is C=CC[C@@]1(C)C[C@H](c2cccc(Cl)c2)[C@@H](c2ccc(Cl)cc2)N([C@@H](C)CCN2CCCC2=O)C1=O. The topological polar surface area (TPSA) is 40.6 Å². The lowest BCUT2D eigenvalue weighted by Gasteiger charge is -2.51. The molecule has 0 aromatic heterocycles. The molecule has 0 aliphatic carbocycles. The van der Waals surface area contributed by atoms with Crippen molar-refractivity contribution in [3.63, 3.8) is 0 Å². The van der Waals surface area contributed by atoms with Gasteiger partial charge in [0, 0.05) is 41.5 Å². The van der Waals surface area contributed by atoms with Crippen LogP contribution in [0.5, 0.6) is 0 Å². The Morgan fingerprint density at radius 2 is 1.86 bits per heavy atom. The second kappa shape index (κ2) is 10.8. The number of allylic oxidation sites excluding steroid dienone is 1. The van der Waals surface area contributed by atoms with Gasteiger partial charge in [0.25, 0.3) is 0 Å². The Balaban J connectivity index is 1.77. The molecule has 4 atom stereocenters. The van der Waals surface area contributed by atoms with Crippen molar-refractivity contribution < 1.29 is 9.59 Å². The van der Waals surface area contributed by atoms with Gasteiger partial charge in [-0.05, 0) is 68.0 Å². The maximum Gasteiger partial charge on any atom is 0.229 e. The average Bonchev–Trinajstić information content (AvgIpc) is 3.24. The van der Waals surface area contributed by atoms with Crippen LogP contribution in [0.1, 0.15) is 69.0 Å². The molecule has 2 amide bonds. The molecule has 2 fully saturated rings. The van der Waals surface area contributed by atoms with E-state index in [9.17, 15) is 9.59 Å². The Labute approximate surface area is 218 Å². The fourth-order valence-electron chi connectivity index (χ4n) is 5.79. The van der Waals surface area contributed by atoms with E-state index in [-0.39, 0.29) is 29.8 Å². The summed E-state index contributed by atoms with van der Waals surface area (Å²) in [6.45, 7) is 9.58. The van der Waals surface area contributed by atoms with Gasteiger partial charge in [0.1, 0.15) is 0 Å². The van der Waals surface area contributed by atoms with Crippen LogP contribution in [0.3, 0.4) is 0 Å². The summed E-state index contributed by atoms with van der Waals surface area (Å²) < 4.78 is 0. The molecule has 2 saturated heterocycles. The molecular formula is C29H34Cl2N2O2. The molecule has 35 heavy (non-hydrogen) atoms. The maximum absolute atomic E-state index is 14.2. The van der Waals surface area contributed by atoms with Crippen LogP contribution in [0.15, 0.2) is 61.2 Å². The number of halogens is 2. The summed E-state index contributed by atoms with van der Waals surface area (Å²) in [4.78, 5) is 30.4. The van der Waals surface area contributed by atoms with Gasteiger partial charge in [0.15, 0.2) is 0 Å². The van der Waals surface area contributed by atoms with Gasteiger partial charge < -0.3 is 9.80 Å². The number of piperidine rings is 1. The van der Waals surface area contributed by atoms with E-state index in [1.54, 1.807) is 0 Å². The molecule has 2 aliphatic rings. The summed E-state index contributed by atoms with van der Waals surface area (Å²) in [6, 6.07) is 15.6. The van der Waals surface area contributed by atoms with Gasteiger partial charge in [-0.25, -0.2) is 0 Å². The number of carbonyl (C=O) groups is 2. The van der Waals surface area contributed by atoms with Crippen LogP contribution in [-0.2, 0) is 9.59 Å². The lowest BCUT2D eigenvalue weighted by atomic mass is 9.67. The molecule has 0 spiro atoms. The first kappa shape index (κ1) is 25.8. The summed E-state index contributed by atoms with van der Waals surface area (Å²) in [5.41, 5.74) is 1.60. The highest BCUT2D eigenvalue weighted by Crippen LogP contribution is 2.52. The van der Waals surface area contributed by atoms with Crippen LogP contribution in [0.25, 0.3) is 0 Å². The number of nitrogens with zero attached hydrogens (tertiary/aromatic N) is 2. The van der Waals surface area contributed by atoms with Gasteiger partial charge >= 0.3 is 0 Å². The lowest BCUT2D eigenvalue weighted by molar-refractivity contribution is -0.154. The normalized spacial score (nSPS) is 25.7. The number of hydrogen-bond donors (Lipinski definition) is 0. The van der Waals surface area contributed by atoms with Crippen molar-refractivity contribution in [2.45, 2.75) is 64.0 Å². The van der Waals surface area contributed by atoms with Gasteiger partial charge in [-0.1, -0.05) is 60.5 Å². The predicted molar refractivity (Wildman–Crippen MR) is 143 cm³/mol. The van der Waals surface area contributed by atoms with Gasteiger partial charge in [-0.2, -0.15) is 0 Å². The number of carbonyl (C=O) groups excluding carboxylic acids is 2. The van der Waals surface area contributed by atoms with Crippen molar-refractivity contribution in [2.24, 2.45) is 5.41 Å². The second-order valence-electron chi connectivity index (χ2n) is 10.2. The van der Waals surface area contributed by atoms with Gasteiger partial charge in [-0.3, -0.25) is 9.59 Å². The number of hydrogen-bond acceptors (Lipinski definition) is 2. The van der Waals surface area contributed by atoms with Crippen molar-refractivity contribution in [1.82, 2.24) is 9.80 Å². The Morgan fingerprint density at radius 1 is 1.11 bits per heavy atom. The van der Waals surface area contributed by atoms with Crippen molar-refractivity contribution in [3.05, 3.63) is 82.4 Å². The standard InChI is InChI=1S/C29H34Cl2N2O2/c1-4-15-29(3)19-25(22-7-5-8-24(31)18-22)27(21-10-12-23(30)13-11-21)33(28(29)35)20(2)14-17-32-16-6-9-26(32)34/h4-5,7-8,10-13,18,20,25,27H,1,6,9,14-17,19H2,2-3H3/t20-,25+,27+,29-/m0/s1. The minimum atomic E-state index is -0.574. The van der Waals surface area contributed by atoms with Gasteiger partial charge in [-0.15, -0.1) is 6.58 Å². The highest BCUT2D eigenvalue weighted by Gasteiger charge is 2.50. The van der Waals surface area contributed by atoms with E-state index in [0.29, 0.717) is 35.9 Å². The Morgan fingerprint density at radius 3 is 2.49 bits per heavy atom. The molecule has 4 rings (SSSR count). The molecule has 2 aliphatic heterocycles. The summed E-state index contributed by atoms with van der Waals surface area (Å²) in [6.07, 6.45) is 5.41. The first-order valence-electron chi connectivity index (χ1n) is 12.5. The van der Waals surface area contributed by atoms with Crippen LogP contribution in [0, 0.1) is 5.41 Å².